The van der Waals surface area contributed by atoms with Gasteiger partial charge in [0.1, 0.15) is 0 Å². The Hall–Kier alpha value is -0.0400. The number of hydrogen-bond donors (Lipinski definition) is 1. The van der Waals surface area contributed by atoms with E-state index in [9.17, 15) is 0 Å². The van der Waals surface area contributed by atoms with E-state index in [4.69, 9.17) is 5.11 Å². The van der Waals surface area contributed by atoms with Crippen molar-refractivity contribution in [1.82, 2.24) is 0 Å². The average Bonchev–Trinajstić information content (AvgIpc) is 2.17. The van der Waals surface area contributed by atoms with Crippen LogP contribution >= 0.6 is 0 Å². The molecule has 0 spiro atoms. The largest absolute Gasteiger partial charge is 0.393 e. The molecule has 0 amide bonds. The summed E-state index contributed by atoms with van der Waals surface area (Å²) in [6.45, 7) is 4.10. The second kappa shape index (κ2) is 1.73. The molecule has 0 aromatic carbocycles. The third-order valence-corrected chi connectivity index (χ3v) is 1.89. The Morgan fingerprint density at radius 1 is 1.62 bits per heavy atom. The van der Waals surface area contributed by atoms with Gasteiger partial charge in [-0.15, -0.1) is 0 Å². The third kappa shape index (κ3) is 1.48. The molecule has 0 aliphatic heterocycles. The predicted octanol–water partition coefficient (Wildman–Crippen LogP) is 1.56. The van der Waals surface area contributed by atoms with Crippen molar-refractivity contribution in [2.24, 2.45) is 5.41 Å². The molecule has 0 radical (unpaired) electrons. The highest BCUT2D eigenvalue weighted by molar-refractivity contribution is 4.89. The maximum Gasteiger partial charge on any atom is 0.0517 e. The lowest BCUT2D eigenvalue weighted by atomic mass is 10.0. The first kappa shape index (κ1) is 6.09. The van der Waals surface area contributed by atoms with Gasteiger partial charge in [0.15, 0.2) is 0 Å². The van der Waals surface area contributed by atoms with Gasteiger partial charge in [-0.05, 0) is 31.6 Å². The second-order valence-electron chi connectivity index (χ2n) is 3.36. The molecular formula is C7H14O. The summed E-state index contributed by atoms with van der Waals surface area (Å²) in [4.78, 5) is 0. The summed E-state index contributed by atoms with van der Waals surface area (Å²) in [7, 11) is 0. The van der Waals surface area contributed by atoms with Gasteiger partial charge in [0.2, 0.25) is 0 Å². The summed E-state index contributed by atoms with van der Waals surface area (Å²) < 4.78 is 0. The number of aliphatic hydroxyl groups excluding tert-OH is 1. The summed E-state index contributed by atoms with van der Waals surface area (Å²) in [5.41, 5.74) is 0.522. The molecule has 1 atom stereocenters. The minimum Gasteiger partial charge on any atom is -0.393 e. The van der Waals surface area contributed by atoms with Crippen molar-refractivity contribution in [3.05, 3.63) is 0 Å². The molecule has 48 valence electrons. The zero-order chi connectivity index (χ0) is 6.20. The van der Waals surface area contributed by atoms with Crippen LogP contribution in [0.2, 0.25) is 0 Å². The number of rotatable bonds is 2. The van der Waals surface area contributed by atoms with Gasteiger partial charge in [0.05, 0.1) is 6.10 Å². The SMILES string of the molecule is C[C@H](O)CC1(C)CC1. The molecule has 0 unspecified atom stereocenters. The maximum atomic E-state index is 8.93. The average molecular weight is 114 g/mol. The van der Waals surface area contributed by atoms with Crippen molar-refractivity contribution in [2.45, 2.75) is 39.2 Å². The van der Waals surface area contributed by atoms with Crippen LogP contribution in [-0.4, -0.2) is 11.2 Å². The van der Waals surface area contributed by atoms with E-state index < -0.39 is 0 Å². The first-order chi connectivity index (χ1) is 3.62. The molecule has 1 nitrogen and oxygen atoms in total. The van der Waals surface area contributed by atoms with E-state index in [1.807, 2.05) is 6.92 Å². The quantitative estimate of drug-likeness (QED) is 0.577. The summed E-state index contributed by atoms with van der Waals surface area (Å²) in [6.07, 6.45) is 3.53. The van der Waals surface area contributed by atoms with Crippen LogP contribution in [0.4, 0.5) is 0 Å². The van der Waals surface area contributed by atoms with Gasteiger partial charge in [-0.1, -0.05) is 6.92 Å². The highest BCUT2D eigenvalue weighted by atomic mass is 16.3. The molecule has 0 aromatic rings. The van der Waals surface area contributed by atoms with Crippen LogP contribution in [0.3, 0.4) is 0 Å². The summed E-state index contributed by atoms with van der Waals surface area (Å²) in [5.74, 6) is 0. The normalized spacial score (nSPS) is 27.4. The molecular weight excluding hydrogens is 100 g/mol. The van der Waals surface area contributed by atoms with Gasteiger partial charge >= 0.3 is 0 Å². The lowest BCUT2D eigenvalue weighted by Gasteiger charge is -2.08. The van der Waals surface area contributed by atoms with Crippen molar-refractivity contribution in [3.63, 3.8) is 0 Å². The Morgan fingerprint density at radius 3 is 2.25 bits per heavy atom. The fourth-order valence-corrected chi connectivity index (χ4v) is 1.13. The Morgan fingerprint density at radius 2 is 2.12 bits per heavy atom. The van der Waals surface area contributed by atoms with Crippen LogP contribution in [0, 0.1) is 5.41 Å². The smallest absolute Gasteiger partial charge is 0.0517 e. The maximum absolute atomic E-state index is 8.93. The van der Waals surface area contributed by atoms with Gasteiger partial charge in [-0.3, -0.25) is 0 Å². The molecule has 1 heteroatoms. The lowest BCUT2D eigenvalue weighted by Crippen LogP contribution is -2.06. The topological polar surface area (TPSA) is 20.2 Å². The Kier molecular flexibility index (Phi) is 1.31. The molecule has 0 heterocycles. The standard InChI is InChI=1S/C7H14O/c1-6(8)5-7(2)3-4-7/h6,8H,3-5H2,1-2H3/t6-/m0/s1. The molecule has 1 aliphatic carbocycles. The van der Waals surface area contributed by atoms with Gasteiger partial charge in [0, 0.05) is 0 Å². The van der Waals surface area contributed by atoms with E-state index in [0.29, 0.717) is 5.41 Å². The van der Waals surface area contributed by atoms with E-state index in [1.165, 1.54) is 12.8 Å². The van der Waals surface area contributed by atoms with Crippen molar-refractivity contribution in [1.29, 1.82) is 0 Å². The monoisotopic (exact) mass is 114 g/mol. The van der Waals surface area contributed by atoms with Crippen molar-refractivity contribution < 1.29 is 5.11 Å². The summed E-state index contributed by atoms with van der Waals surface area (Å²) in [5, 5.41) is 8.93. The van der Waals surface area contributed by atoms with Crippen LogP contribution in [0.25, 0.3) is 0 Å². The molecule has 1 saturated carbocycles. The van der Waals surface area contributed by atoms with Crippen molar-refractivity contribution in [3.8, 4) is 0 Å². The first-order valence-electron chi connectivity index (χ1n) is 3.30. The predicted molar refractivity (Wildman–Crippen MR) is 33.6 cm³/mol. The molecule has 1 rings (SSSR count). The van der Waals surface area contributed by atoms with Gasteiger partial charge in [-0.25, -0.2) is 0 Å². The summed E-state index contributed by atoms with van der Waals surface area (Å²) >= 11 is 0. The van der Waals surface area contributed by atoms with Crippen LogP contribution in [0.15, 0.2) is 0 Å². The number of hydrogen-bond acceptors (Lipinski definition) is 1. The van der Waals surface area contributed by atoms with Gasteiger partial charge in [0.25, 0.3) is 0 Å². The fraction of sp³-hybridized carbons (Fsp3) is 1.00. The third-order valence-electron chi connectivity index (χ3n) is 1.89. The van der Waals surface area contributed by atoms with Crippen molar-refractivity contribution in [2.75, 3.05) is 0 Å². The first-order valence-corrected chi connectivity index (χ1v) is 3.30. The molecule has 0 bridgehead atoms. The van der Waals surface area contributed by atoms with Crippen LogP contribution in [-0.2, 0) is 0 Å². The minimum atomic E-state index is -0.0949. The number of aliphatic hydroxyl groups is 1. The van der Waals surface area contributed by atoms with Crippen LogP contribution < -0.4 is 0 Å². The van der Waals surface area contributed by atoms with E-state index in [-0.39, 0.29) is 6.10 Å². The zero-order valence-corrected chi connectivity index (χ0v) is 5.65. The van der Waals surface area contributed by atoms with Crippen LogP contribution in [0.5, 0.6) is 0 Å². The van der Waals surface area contributed by atoms with E-state index in [2.05, 4.69) is 6.92 Å². The second-order valence-corrected chi connectivity index (χ2v) is 3.36. The lowest BCUT2D eigenvalue weighted by molar-refractivity contribution is 0.159. The molecule has 1 N–H and O–H groups in total. The van der Waals surface area contributed by atoms with Gasteiger partial charge < -0.3 is 5.11 Å². The van der Waals surface area contributed by atoms with Gasteiger partial charge in [-0.2, -0.15) is 0 Å². The molecule has 8 heavy (non-hydrogen) atoms. The zero-order valence-electron chi connectivity index (χ0n) is 5.65. The molecule has 0 aromatic heterocycles. The Labute approximate surface area is 50.7 Å². The molecule has 1 fully saturated rings. The fourth-order valence-electron chi connectivity index (χ4n) is 1.13. The van der Waals surface area contributed by atoms with E-state index in [1.54, 1.807) is 0 Å². The highest BCUT2D eigenvalue weighted by Crippen LogP contribution is 2.48. The van der Waals surface area contributed by atoms with E-state index >= 15 is 0 Å². The molecule has 1 aliphatic rings. The minimum absolute atomic E-state index is 0.0949. The van der Waals surface area contributed by atoms with Crippen molar-refractivity contribution >= 4 is 0 Å². The van der Waals surface area contributed by atoms with Crippen LogP contribution in [0.1, 0.15) is 33.1 Å². The highest BCUT2D eigenvalue weighted by Gasteiger charge is 2.37. The Bertz CT molecular complexity index is 82.4. The van der Waals surface area contributed by atoms with E-state index in [0.717, 1.165) is 6.42 Å². The summed E-state index contributed by atoms with van der Waals surface area (Å²) in [6, 6.07) is 0. The molecule has 0 saturated heterocycles. The Balaban J connectivity index is 2.19.